The van der Waals surface area contributed by atoms with Gasteiger partial charge in [-0.05, 0) is 18.7 Å². The van der Waals surface area contributed by atoms with Crippen LogP contribution in [0, 0.1) is 0 Å². The summed E-state index contributed by atoms with van der Waals surface area (Å²) < 4.78 is 0. The third-order valence-corrected chi connectivity index (χ3v) is 2.28. The van der Waals surface area contributed by atoms with Gasteiger partial charge in [0.15, 0.2) is 0 Å². The van der Waals surface area contributed by atoms with Crippen molar-refractivity contribution in [2.45, 2.75) is 6.92 Å². The van der Waals surface area contributed by atoms with Crippen molar-refractivity contribution in [1.82, 2.24) is 0 Å². The van der Waals surface area contributed by atoms with Crippen molar-refractivity contribution in [3.05, 3.63) is 47.5 Å². The standard InChI is InChI=1S/C11H13NS/c1-9(12-10(2)13-3)11-7-5-4-6-8-11/h4-8H,2H2,1,3H3/b12-9+. The second kappa shape index (κ2) is 4.87. The fourth-order valence-electron chi connectivity index (χ4n) is 0.977. The van der Waals surface area contributed by atoms with Crippen molar-refractivity contribution in [2.75, 3.05) is 6.26 Å². The first-order valence-electron chi connectivity index (χ1n) is 4.07. The Bertz CT molecular complexity index is 314. The summed E-state index contributed by atoms with van der Waals surface area (Å²) in [5.74, 6) is 0. The van der Waals surface area contributed by atoms with Crippen LogP contribution in [0.4, 0.5) is 0 Å². The van der Waals surface area contributed by atoms with E-state index in [1.165, 1.54) is 0 Å². The van der Waals surface area contributed by atoms with E-state index in [4.69, 9.17) is 0 Å². The minimum Gasteiger partial charge on any atom is -0.247 e. The molecule has 0 aliphatic heterocycles. The van der Waals surface area contributed by atoms with Gasteiger partial charge in [-0.25, -0.2) is 4.99 Å². The molecule has 0 bridgehead atoms. The number of nitrogens with zero attached hydrogens (tertiary/aromatic N) is 1. The Hall–Kier alpha value is -1.02. The van der Waals surface area contributed by atoms with E-state index in [1.54, 1.807) is 11.8 Å². The van der Waals surface area contributed by atoms with Crippen LogP contribution in [0.5, 0.6) is 0 Å². The second-order valence-electron chi connectivity index (χ2n) is 2.66. The first-order valence-corrected chi connectivity index (χ1v) is 5.30. The zero-order chi connectivity index (χ0) is 9.68. The lowest BCUT2D eigenvalue weighted by Gasteiger charge is -2.00. The van der Waals surface area contributed by atoms with E-state index in [2.05, 4.69) is 11.6 Å². The maximum atomic E-state index is 4.35. The molecule has 2 heteroatoms. The molecule has 1 aromatic carbocycles. The zero-order valence-corrected chi connectivity index (χ0v) is 8.77. The SMILES string of the molecule is C=C(/N=C(\C)c1ccccc1)SC. The molecule has 0 spiro atoms. The Balaban J connectivity index is 2.85. The molecule has 68 valence electrons. The highest BCUT2D eigenvalue weighted by Crippen LogP contribution is 2.12. The summed E-state index contributed by atoms with van der Waals surface area (Å²) in [6, 6.07) is 10.1. The molecule has 13 heavy (non-hydrogen) atoms. The molecule has 0 N–H and O–H groups in total. The van der Waals surface area contributed by atoms with Gasteiger partial charge in [0.25, 0.3) is 0 Å². The van der Waals surface area contributed by atoms with Crippen LogP contribution in [0.1, 0.15) is 12.5 Å². The second-order valence-corrected chi connectivity index (χ2v) is 3.54. The Kier molecular flexibility index (Phi) is 3.77. The summed E-state index contributed by atoms with van der Waals surface area (Å²) in [7, 11) is 0. The summed E-state index contributed by atoms with van der Waals surface area (Å²) in [5.41, 5.74) is 2.16. The van der Waals surface area contributed by atoms with Crippen LogP contribution in [0.2, 0.25) is 0 Å². The third-order valence-electron chi connectivity index (χ3n) is 1.72. The van der Waals surface area contributed by atoms with Crippen LogP contribution >= 0.6 is 11.8 Å². The molecule has 0 atom stereocenters. The van der Waals surface area contributed by atoms with Gasteiger partial charge in [-0.2, -0.15) is 0 Å². The first kappa shape index (κ1) is 10.1. The maximum Gasteiger partial charge on any atom is 0.0888 e. The van der Waals surface area contributed by atoms with E-state index in [0.29, 0.717) is 0 Å². The van der Waals surface area contributed by atoms with Gasteiger partial charge in [0, 0.05) is 5.71 Å². The average Bonchev–Trinajstić information content (AvgIpc) is 2.19. The van der Waals surface area contributed by atoms with Crippen molar-refractivity contribution in [1.29, 1.82) is 0 Å². The van der Waals surface area contributed by atoms with Gasteiger partial charge in [0.05, 0.1) is 5.03 Å². The maximum absolute atomic E-state index is 4.35. The van der Waals surface area contributed by atoms with Gasteiger partial charge in [-0.15, -0.1) is 11.8 Å². The van der Waals surface area contributed by atoms with E-state index >= 15 is 0 Å². The van der Waals surface area contributed by atoms with E-state index in [1.807, 2.05) is 43.5 Å². The monoisotopic (exact) mass is 191 g/mol. The van der Waals surface area contributed by atoms with Crippen LogP contribution < -0.4 is 0 Å². The fourth-order valence-corrected chi connectivity index (χ4v) is 1.20. The Morgan fingerprint density at radius 3 is 2.46 bits per heavy atom. The molecule has 1 aromatic rings. The molecule has 0 fully saturated rings. The average molecular weight is 191 g/mol. The molecular weight excluding hydrogens is 178 g/mol. The van der Waals surface area contributed by atoms with Crippen LogP contribution in [0.25, 0.3) is 0 Å². The highest BCUT2D eigenvalue weighted by Gasteiger charge is 1.95. The summed E-state index contributed by atoms with van der Waals surface area (Å²) in [5, 5.41) is 0.848. The lowest BCUT2D eigenvalue weighted by molar-refractivity contribution is 1.48. The van der Waals surface area contributed by atoms with Crippen LogP contribution in [-0.2, 0) is 0 Å². The van der Waals surface area contributed by atoms with Gasteiger partial charge in [0.1, 0.15) is 0 Å². The number of hydrogen-bond acceptors (Lipinski definition) is 2. The number of aliphatic imine (C=N–C) groups is 1. The Morgan fingerprint density at radius 2 is 1.92 bits per heavy atom. The van der Waals surface area contributed by atoms with Gasteiger partial charge in [0.2, 0.25) is 0 Å². The minimum atomic E-state index is 0.848. The molecule has 0 aromatic heterocycles. The van der Waals surface area contributed by atoms with Crippen molar-refractivity contribution in [3.8, 4) is 0 Å². The van der Waals surface area contributed by atoms with Crippen molar-refractivity contribution in [2.24, 2.45) is 4.99 Å². The highest BCUT2D eigenvalue weighted by molar-refractivity contribution is 8.02. The fraction of sp³-hybridized carbons (Fsp3) is 0.182. The molecule has 0 heterocycles. The van der Waals surface area contributed by atoms with E-state index in [0.717, 1.165) is 16.3 Å². The molecule has 1 rings (SSSR count). The van der Waals surface area contributed by atoms with Gasteiger partial charge < -0.3 is 0 Å². The predicted octanol–water partition coefficient (Wildman–Crippen LogP) is 3.33. The lowest BCUT2D eigenvalue weighted by atomic mass is 10.1. The molecule has 1 nitrogen and oxygen atoms in total. The van der Waals surface area contributed by atoms with Crippen molar-refractivity contribution in [3.63, 3.8) is 0 Å². The van der Waals surface area contributed by atoms with Crippen LogP contribution in [0.15, 0.2) is 46.9 Å². The predicted molar refractivity (Wildman–Crippen MR) is 61.3 cm³/mol. The summed E-state index contributed by atoms with van der Waals surface area (Å²) in [4.78, 5) is 4.35. The molecule has 0 amide bonds. The van der Waals surface area contributed by atoms with Gasteiger partial charge in [-0.1, -0.05) is 36.9 Å². The highest BCUT2D eigenvalue weighted by atomic mass is 32.2. The Morgan fingerprint density at radius 1 is 1.31 bits per heavy atom. The summed E-state index contributed by atoms with van der Waals surface area (Å²) >= 11 is 1.57. The first-order chi connectivity index (χ1) is 6.24. The molecule has 0 saturated heterocycles. The molecule has 0 aliphatic carbocycles. The number of hydrogen-bond donors (Lipinski definition) is 0. The molecule has 0 aliphatic rings. The van der Waals surface area contributed by atoms with Gasteiger partial charge >= 0.3 is 0 Å². The van der Waals surface area contributed by atoms with Crippen molar-refractivity contribution >= 4 is 17.5 Å². The molecule has 0 saturated carbocycles. The quantitative estimate of drug-likeness (QED) is 0.667. The minimum absolute atomic E-state index is 0.848. The smallest absolute Gasteiger partial charge is 0.0888 e. The zero-order valence-electron chi connectivity index (χ0n) is 7.95. The van der Waals surface area contributed by atoms with E-state index in [-0.39, 0.29) is 0 Å². The largest absolute Gasteiger partial charge is 0.247 e. The van der Waals surface area contributed by atoms with E-state index in [9.17, 15) is 0 Å². The molecular formula is C11H13NS. The number of thioether (sulfide) groups is 1. The van der Waals surface area contributed by atoms with E-state index < -0.39 is 0 Å². The van der Waals surface area contributed by atoms with Gasteiger partial charge in [-0.3, -0.25) is 0 Å². The lowest BCUT2D eigenvalue weighted by Crippen LogP contribution is -1.93. The van der Waals surface area contributed by atoms with Crippen LogP contribution in [0.3, 0.4) is 0 Å². The van der Waals surface area contributed by atoms with Crippen molar-refractivity contribution < 1.29 is 0 Å². The topological polar surface area (TPSA) is 12.4 Å². The molecule has 0 unspecified atom stereocenters. The number of rotatable bonds is 3. The van der Waals surface area contributed by atoms with Crippen LogP contribution in [-0.4, -0.2) is 12.0 Å². The summed E-state index contributed by atoms with van der Waals surface area (Å²) in [6.07, 6.45) is 1.98. The normalized spacial score (nSPS) is 11.4. The summed E-state index contributed by atoms with van der Waals surface area (Å²) in [6.45, 7) is 5.81. The third kappa shape index (κ3) is 3.07. The number of benzene rings is 1. The molecule has 0 radical (unpaired) electrons. The Labute approximate surface area is 83.6 Å².